The molecule has 0 unspecified atom stereocenters. The Kier molecular flexibility index (Phi) is 3.76. The summed E-state index contributed by atoms with van der Waals surface area (Å²) in [6.07, 6.45) is 0. The van der Waals surface area contributed by atoms with E-state index in [9.17, 15) is 4.91 Å². The molecule has 8 heteroatoms. The van der Waals surface area contributed by atoms with Gasteiger partial charge in [0, 0.05) is 17.8 Å². The molecule has 0 atom stereocenters. The molecule has 2 rings (SSSR count). The molecular formula is C11H11ClN6O. The molecule has 98 valence electrons. The summed E-state index contributed by atoms with van der Waals surface area (Å²) in [7, 11) is 1.61. The molecule has 0 aliphatic heterocycles. The number of nitrogens with two attached hydrogens (primary N) is 1. The number of hydrogen-bond donors (Lipinski definition) is 3. The molecule has 0 radical (unpaired) electrons. The van der Waals surface area contributed by atoms with E-state index in [1.807, 2.05) is 0 Å². The van der Waals surface area contributed by atoms with Crippen LogP contribution in [0.1, 0.15) is 0 Å². The Balaban J connectivity index is 2.41. The number of halogens is 1. The van der Waals surface area contributed by atoms with Crippen molar-refractivity contribution in [3.63, 3.8) is 0 Å². The van der Waals surface area contributed by atoms with Crippen molar-refractivity contribution in [1.82, 2.24) is 9.97 Å². The molecule has 0 saturated heterocycles. The SMILES string of the molecule is CNc1nc(N)nc(Nc2ccc(Cl)cc2)c1N=O. The van der Waals surface area contributed by atoms with Gasteiger partial charge in [0.2, 0.25) is 5.95 Å². The maximum absolute atomic E-state index is 10.9. The van der Waals surface area contributed by atoms with Crippen molar-refractivity contribution in [2.45, 2.75) is 0 Å². The second-order valence-corrected chi connectivity index (χ2v) is 4.04. The first-order valence-corrected chi connectivity index (χ1v) is 5.73. The predicted molar refractivity (Wildman–Crippen MR) is 76.2 cm³/mol. The number of anilines is 4. The Morgan fingerprint density at radius 3 is 2.42 bits per heavy atom. The molecule has 0 fully saturated rings. The molecule has 2 aromatic rings. The second kappa shape index (κ2) is 5.49. The molecule has 0 amide bonds. The topological polar surface area (TPSA) is 105 Å². The number of benzene rings is 1. The van der Waals surface area contributed by atoms with Crippen LogP contribution >= 0.6 is 11.6 Å². The minimum Gasteiger partial charge on any atom is -0.371 e. The van der Waals surface area contributed by atoms with E-state index in [2.05, 4.69) is 25.8 Å². The first-order valence-electron chi connectivity index (χ1n) is 5.35. The van der Waals surface area contributed by atoms with Crippen LogP contribution in [-0.4, -0.2) is 17.0 Å². The van der Waals surface area contributed by atoms with Gasteiger partial charge in [-0.15, -0.1) is 4.91 Å². The molecular weight excluding hydrogens is 268 g/mol. The number of nitrogens with zero attached hydrogens (tertiary/aromatic N) is 3. The summed E-state index contributed by atoms with van der Waals surface area (Å²) in [5.74, 6) is 0.529. The van der Waals surface area contributed by atoms with Gasteiger partial charge in [-0.2, -0.15) is 9.97 Å². The largest absolute Gasteiger partial charge is 0.371 e. The molecule has 19 heavy (non-hydrogen) atoms. The summed E-state index contributed by atoms with van der Waals surface area (Å²) in [6.45, 7) is 0. The third-order valence-corrected chi connectivity index (χ3v) is 2.59. The Morgan fingerprint density at radius 1 is 1.21 bits per heavy atom. The predicted octanol–water partition coefficient (Wildman–Crippen LogP) is 2.90. The highest BCUT2D eigenvalue weighted by molar-refractivity contribution is 6.30. The maximum atomic E-state index is 10.9. The molecule has 0 aliphatic rings. The van der Waals surface area contributed by atoms with Crippen LogP contribution in [0.3, 0.4) is 0 Å². The normalized spacial score (nSPS) is 10.0. The van der Waals surface area contributed by atoms with Crippen molar-refractivity contribution in [3.05, 3.63) is 34.2 Å². The molecule has 1 aromatic heterocycles. The smallest absolute Gasteiger partial charge is 0.224 e. The van der Waals surface area contributed by atoms with Gasteiger partial charge in [-0.3, -0.25) is 0 Å². The van der Waals surface area contributed by atoms with Crippen LogP contribution in [0.25, 0.3) is 0 Å². The van der Waals surface area contributed by atoms with Crippen LogP contribution in [0.4, 0.5) is 29.0 Å². The minimum absolute atomic E-state index is 0.0354. The number of hydrogen-bond acceptors (Lipinski definition) is 7. The summed E-state index contributed by atoms with van der Waals surface area (Å²) in [5, 5.41) is 9.20. The summed E-state index contributed by atoms with van der Waals surface area (Å²) in [5.41, 5.74) is 6.33. The average Bonchev–Trinajstić information content (AvgIpc) is 2.40. The minimum atomic E-state index is 0.0354. The molecule has 7 nitrogen and oxygen atoms in total. The van der Waals surface area contributed by atoms with Gasteiger partial charge in [0.15, 0.2) is 17.3 Å². The first kappa shape index (κ1) is 13.0. The van der Waals surface area contributed by atoms with Gasteiger partial charge >= 0.3 is 0 Å². The monoisotopic (exact) mass is 278 g/mol. The van der Waals surface area contributed by atoms with Crippen LogP contribution in [0.15, 0.2) is 29.4 Å². The van der Waals surface area contributed by atoms with Gasteiger partial charge in [0.1, 0.15) is 0 Å². The highest BCUT2D eigenvalue weighted by atomic mass is 35.5. The lowest BCUT2D eigenvalue weighted by atomic mass is 10.3. The lowest BCUT2D eigenvalue weighted by Gasteiger charge is -2.10. The number of nitrogen functional groups attached to an aromatic ring is 1. The van der Waals surface area contributed by atoms with Gasteiger partial charge in [0.25, 0.3) is 0 Å². The fourth-order valence-corrected chi connectivity index (χ4v) is 1.62. The quantitative estimate of drug-likeness (QED) is 0.743. The van der Waals surface area contributed by atoms with E-state index in [0.29, 0.717) is 10.7 Å². The fourth-order valence-electron chi connectivity index (χ4n) is 1.49. The van der Waals surface area contributed by atoms with Crippen molar-refractivity contribution in [2.24, 2.45) is 5.18 Å². The van der Waals surface area contributed by atoms with E-state index in [1.54, 1.807) is 31.3 Å². The standard InChI is InChI=1S/C11H11ClN6O/c1-14-9-8(18-19)10(17-11(13)16-9)15-7-4-2-6(12)3-5-7/h2-5H,1H3,(H4,13,14,15,16,17). The van der Waals surface area contributed by atoms with E-state index in [1.165, 1.54) is 0 Å². The van der Waals surface area contributed by atoms with Crippen LogP contribution in [-0.2, 0) is 0 Å². The highest BCUT2D eigenvalue weighted by Gasteiger charge is 2.13. The number of nitrogens with one attached hydrogen (secondary N) is 2. The number of nitroso groups, excluding NO2 is 1. The Hall–Kier alpha value is -2.41. The van der Waals surface area contributed by atoms with Gasteiger partial charge in [-0.1, -0.05) is 11.6 Å². The third kappa shape index (κ3) is 2.89. The summed E-state index contributed by atoms with van der Waals surface area (Å²) in [6, 6.07) is 6.91. The van der Waals surface area contributed by atoms with Crippen LogP contribution in [0, 0.1) is 4.91 Å². The van der Waals surface area contributed by atoms with Crippen molar-refractivity contribution >= 4 is 40.6 Å². The van der Waals surface area contributed by atoms with E-state index < -0.39 is 0 Å². The van der Waals surface area contributed by atoms with Crippen LogP contribution < -0.4 is 16.4 Å². The zero-order valence-electron chi connectivity index (χ0n) is 10.0. The van der Waals surface area contributed by atoms with Crippen LogP contribution in [0.2, 0.25) is 5.02 Å². The average molecular weight is 279 g/mol. The van der Waals surface area contributed by atoms with Crippen molar-refractivity contribution in [3.8, 4) is 0 Å². The van der Waals surface area contributed by atoms with Gasteiger partial charge in [-0.25, -0.2) is 0 Å². The van der Waals surface area contributed by atoms with Crippen molar-refractivity contribution < 1.29 is 0 Å². The molecule has 0 bridgehead atoms. The summed E-state index contributed by atoms with van der Waals surface area (Å²) < 4.78 is 0. The molecule has 4 N–H and O–H groups in total. The first-order chi connectivity index (χ1) is 9.13. The van der Waals surface area contributed by atoms with Crippen LogP contribution in [0.5, 0.6) is 0 Å². The second-order valence-electron chi connectivity index (χ2n) is 3.60. The van der Waals surface area contributed by atoms with Gasteiger partial charge < -0.3 is 16.4 Å². The van der Waals surface area contributed by atoms with E-state index in [-0.39, 0.29) is 23.3 Å². The van der Waals surface area contributed by atoms with Crippen molar-refractivity contribution in [2.75, 3.05) is 23.4 Å². The molecule has 1 heterocycles. The Bertz CT molecular complexity index is 601. The van der Waals surface area contributed by atoms with Gasteiger partial charge in [-0.05, 0) is 29.4 Å². The summed E-state index contributed by atoms with van der Waals surface area (Å²) >= 11 is 5.79. The number of rotatable bonds is 4. The molecule has 1 aromatic carbocycles. The zero-order chi connectivity index (χ0) is 13.8. The summed E-state index contributed by atoms with van der Waals surface area (Å²) in [4.78, 5) is 18.7. The Labute approximate surface area is 114 Å². The lowest BCUT2D eigenvalue weighted by molar-refractivity contribution is 1.16. The van der Waals surface area contributed by atoms with E-state index >= 15 is 0 Å². The Morgan fingerprint density at radius 2 is 1.84 bits per heavy atom. The fraction of sp³-hybridized carbons (Fsp3) is 0.0909. The van der Waals surface area contributed by atoms with Gasteiger partial charge in [0.05, 0.1) is 0 Å². The van der Waals surface area contributed by atoms with Crippen molar-refractivity contribution in [1.29, 1.82) is 0 Å². The van der Waals surface area contributed by atoms with E-state index in [0.717, 1.165) is 0 Å². The zero-order valence-corrected chi connectivity index (χ0v) is 10.8. The molecule has 0 saturated carbocycles. The molecule has 0 spiro atoms. The lowest BCUT2D eigenvalue weighted by Crippen LogP contribution is -2.04. The maximum Gasteiger partial charge on any atom is 0.224 e. The van der Waals surface area contributed by atoms with E-state index in [4.69, 9.17) is 17.3 Å². The highest BCUT2D eigenvalue weighted by Crippen LogP contribution is 2.32. The third-order valence-electron chi connectivity index (χ3n) is 2.34. The number of aromatic nitrogens is 2. The molecule has 0 aliphatic carbocycles.